The van der Waals surface area contributed by atoms with Gasteiger partial charge in [-0.25, -0.2) is 4.98 Å². The Morgan fingerprint density at radius 1 is 1.41 bits per heavy atom. The van der Waals surface area contributed by atoms with E-state index in [0.29, 0.717) is 5.82 Å². The molecule has 3 heterocycles. The van der Waals surface area contributed by atoms with E-state index in [4.69, 9.17) is 12.2 Å². The molecule has 1 saturated heterocycles. The molecule has 22 heavy (non-hydrogen) atoms. The number of thioether (sulfide) groups is 1. The Hall–Kier alpha value is -0.920. The molecule has 118 valence electrons. The van der Waals surface area contributed by atoms with E-state index < -0.39 is 0 Å². The Bertz CT molecular complexity index is 774. The Labute approximate surface area is 143 Å². The first kappa shape index (κ1) is 16.0. The summed E-state index contributed by atoms with van der Waals surface area (Å²) in [5.74, 6) is 0.713. The highest BCUT2D eigenvalue weighted by Gasteiger charge is 2.21. The number of nitrogens with one attached hydrogen (secondary N) is 1. The van der Waals surface area contributed by atoms with Gasteiger partial charge in [0.25, 0.3) is 5.56 Å². The van der Waals surface area contributed by atoms with Crippen LogP contribution in [0.5, 0.6) is 0 Å². The van der Waals surface area contributed by atoms with E-state index >= 15 is 0 Å². The van der Waals surface area contributed by atoms with Crippen LogP contribution in [-0.2, 0) is 0 Å². The molecule has 1 aliphatic heterocycles. The van der Waals surface area contributed by atoms with Gasteiger partial charge < -0.3 is 9.88 Å². The number of aromatic amines is 1. The Balaban J connectivity index is 1.86. The lowest BCUT2D eigenvalue weighted by atomic mass is 10.2. The third-order valence-electron chi connectivity index (χ3n) is 4.08. The quantitative estimate of drug-likeness (QED) is 0.833. The first-order chi connectivity index (χ1) is 10.5. The second-order valence-electron chi connectivity index (χ2n) is 5.63. The molecule has 4 nitrogen and oxygen atoms in total. The Morgan fingerprint density at radius 3 is 2.77 bits per heavy atom. The van der Waals surface area contributed by atoms with Crippen molar-refractivity contribution in [2.75, 3.05) is 13.1 Å². The van der Waals surface area contributed by atoms with Crippen molar-refractivity contribution in [1.82, 2.24) is 14.9 Å². The predicted molar refractivity (Wildman–Crippen MR) is 99.1 cm³/mol. The topological polar surface area (TPSA) is 49.0 Å². The van der Waals surface area contributed by atoms with Gasteiger partial charge >= 0.3 is 0 Å². The summed E-state index contributed by atoms with van der Waals surface area (Å²) in [5.41, 5.74) is 0.995. The molecule has 0 amide bonds. The fourth-order valence-corrected chi connectivity index (χ4v) is 5.16. The van der Waals surface area contributed by atoms with Crippen LogP contribution in [0.25, 0.3) is 10.2 Å². The number of hydrogen-bond acceptors (Lipinski definition) is 5. The predicted octanol–water partition coefficient (Wildman–Crippen LogP) is 3.78. The van der Waals surface area contributed by atoms with E-state index in [0.717, 1.165) is 38.1 Å². The zero-order chi connectivity index (χ0) is 15.9. The van der Waals surface area contributed by atoms with Gasteiger partial charge in [0.2, 0.25) is 0 Å². The van der Waals surface area contributed by atoms with Gasteiger partial charge in [-0.2, -0.15) is 0 Å². The molecule has 0 aliphatic carbocycles. The molecular formula is C15H19N3OS3. The Kier molecular flexibility index (Phi) is 4.56. The van der Waals surface area contributed by atoms with Gasteiger partial charge in [-0.15, -0.1) is 11.3 Å². The summed E-state index contributed by atoms with van der Waals surface area (Å²) in [7, 11) is 0. The molecule has 3 rings (SSSR count). The van der Waals surface area contributed by atoms with Gasteiger partial charge in [0.15, 0.2) is 0 Å². The monoisotopic (exact) mass is 353 g/mol. The molecule has 2 aromatic heterocycles. The molecule has 0 saturated carbocycles. The van der Waals surface area contributed by atoms with Crippen LogP contribution in [0.3, 0.4) is 0 Å². The number of likely N-dealkylation sites (tertiary alicyclic amines) is 1. The number of thiocarbonyl (C=S) groups is 1. The number of rotatable bonds is 2. The highest BCUT2D eigenvalue weighted by atomic mass is 32.2. The van der Waals surface area contributed by atoms with Gasteiger partial charge in [0.05, 0.1) is 10.6 Å². The second-order valence-corrected chi connectivity index (χ2v) is 8.81. The third-order valence-corrected chi connectivity index (χ3v) is 6.77. The van der Waals surface area contributed by atoms with Crippen LogP contribution >= 0.6 is 35.3 Å². The van der Waals surface area contributed by atoms with Gasteiger partial charge in [-0.05, 0) is 39.2 Å². The van der Waals surface area contributed by atoms with Crippen molar-refractivity contribution in [1.29, 1.82) is 0 Å². The minimum absolute atomic E-state index is 0.0404. The fourth-order valence-electron chi connectivity index (χ4n) is 2.65. The average Bonchev–Trinajstić information content (AvgIpc) is 3.08. The Morgan fingerprint density at radius 2 is 2.09 bits per heavy atom. The second kappa shape index (κ2) is 6.29. The van der Waals surface area contributed by atoms with Crippen molar-refractivity contribution in [3.63, 3.8) is 0 Å². The maximum atomic E-state index is 12.3. The molecule has 0 radical (unpaired) electrons. The third kappa shape index (κ3) is 2.94. The summed E-state index contributed by atoms with van der Waals surface area (Å²) in [6, 6.07) is 0. The van der Waals surface area contributed by atoms with Crippen LogP contribution in [0.1, 0.15) is 41.3 Å². The van der Waals surface area contributed by atoms with Crippen LogP contribution in [0.15, 0.2) is 4.79 Å². The lowest BCUT2D eigenvalue weighted by Gasteiger charge is -2.20. The van der Waals surface area contributed by atoms with Crippen molar-refractivity contribution in [3.05, 3.63) is 26.6 Å². The first-order valence-corrected chi connectivity index (χ1v) is 9.53. The number of thiophene rings is 1. The molecule has 1 N–H and O–H groups in total. The highest BCUT2D eigenvalue weighted by Crippen LogP contribution is 2.32. The van der Waals surface area contributed by atoms with Crippen LogP contribution < -0.4 is 5.56 Å². The van der Waals surface area contributed by atoms with Crippen molar-refractivity contribution in [2.45, 2.75) is 38.9 Å². The number of aryl methyl sites for hydroxylation is 2. The molecule has 0 aromatic carbocycles. The SMILES string of the molecule is Cc1sc2nc([C@H](C)SC(=S)N3CCCC3)[nH]c(=O)c2c1C. The molecule has 0 unspecified atom stereocenters. The van der Waals surface area contributed by atoms with Gasteiger partial charge in [-0.1, -0.05) is 24.0 Å². The summed E-state index contributed by atoms with van der Waals surface area (Å²) < 4.78 is 0.909. The van der Waals surface area contributed by atoms with E-state index in [-0.39, 0.29) is 10.8 Å². The normalized spacial score (nSPS) is 16.4. The number of nitrogens with zero attached hydrogens (tertiary/aromatic N) is 2. The van der Waals surface area contributed by atoms with Crippen molar-refractivity contribution < 1.29 is 0 Å². The molecule has 1 fully saturated rings. The molecular weight excluding hydrogens is 334 g/mol. The summed E-state index contributed by atoms with van der Waals surface area (Å²) >= 11 is 8.71. The van der Waals surface area contributed by atoms with Crippen LogP contribution in [0.2, 0.25) is 0 Å². The number of fused-ring (bicyclic) bond motifs is 1. The molecule has 2 aromatic rings. The molecule has 1 atom stereocenters. The van der Waals surface area contributed by atoms with Gasteiger partial charge in [0.1, 0.15) is 15.0 Å². The summed E-state index contributed by atoms with van der Waals surface area (Å²) in [4.78, 5) is 24.2. The zero-order valence-electron chi connectivity index (χ0n) is 12.9. The number of aromatic nitrogens is 2. The summed E-state index contributed by atoms with van der Waals surface area (Å²) in [6.07, 6.45) is 2.42. The van der Waals surface area contributed by atoms with E-state index in [1.165, 1.54) is 12.8 Å². The summed E-state index contributed by atoms with van der Waals surface area (Å²) in [5, 5.41) is 0.776. The minimum Gasteiger partial charge on any atom is -0.358 e. The van der Waals surface area contributed by atoms with Crippen molar-refractivity contribution >= 4 is 49.9 Å². The van der Waals surface area contributed by atoms with E-state index in [1.807, 2.05) is 20.8 Å². The molecule has 1 aliphatic rings. The molecule has 0 bridgehead atoms. The zero-order valence-corrected chi connectivity index (χ0v) is 15.4. The van der Waals surface area contributed by atoms with Gasteiger partial charge in [-0.3, -0.25) is 4.79 Å². The van der Waals surface area contributed by atoms with Crippen LogP contribution in [0.4, 0.5) is 0 Å². The standard InChI is InChI=1S/C15H19N3OS3/c1-8-9(2)21-14-11(8)13(19)16-12(17-14)10(3)22-15(20)18-6-4-5-7-18/h10H,4-7H2,1-3H3,(H,16,17,19)/t10-/m0/s1. The summed E-state index contributed by atoms with van der Waals surface area (Å²) in [6.45, 7) is 8.15. The average molecular weight is 354 g/mol. The van der Waals surface area contributed by atoms with E-state index in [9.17, 15) is 4.79 Å². The van der Waals surface area contributed by atoms with E-state index in [2.05, 4.69) is 14.9 Å². The number of H-pyrrole nitrogens is 1. The maximum absolute atomic E-state index is 12.3. The lowest BCUT2D eigenvalue weighted by molar-refractivity contribution is 0.539. The van der Waals surface area contributed by atoms with Crippen LogP contribution in [-0.4, -0.2) is 32.3 Å². The molecule has 0 spiro atoms. The fraction of sp³-hybridized carbons (Fsp3) is 0.533. The minimum atomic E-state index is -0.0404. The van der Waals surface area contributed by atoms with Crippen molar-refractivity contribution in [3.8, 4) is 0 Å². The van der Waals surface area contributed by atoms with Crippen molar-refractivity contribution in [2.24, 2.45) is 0 Å². The van der Waals surface area contributed by atoms with Gasteiger partial charge in [0, 0.05) is 18.0 Å². The molecule has 7 heteroatoms. The largest absolute Gasteiger partial charge is 0.358 e. The lowest BCUT2D eigenvalue weighted by Crippen LogP contribution is -2.24. The first-order valence-electron chi connectivity index (χ1n) is 7.43. The number of hydrogen-bond donors (Lipinski definition) is 1. The highest BCUT2D eigenvalue weighted by molar-refractivity contribution is 8.23. The van der Waals surface area contributed by atoms with E-state index in [1.54, 1.807) is 23.1 Å². The van der Waals surface area contributed by atoms with Crippen LogP contribution in [0, 0.1) is 13.8 Å². The smallest absolute Gasteiger partial charge is 0.259 e. The maximum Gasteiger partial charge on any atom is 0.259 e.